The van der Waals surface area contributed by atoms with Crippen molar-refractivity contribution < 1.29 is 9.53 Å². The second-order valence-corrected chi connectivity index (χ2v) is 5.61. The Morgan fingerprint density at radius 1 is 1.59 bits per heavy atom. The van der Waals surface area contributed by atoms with Gasteiger partial charge in [-0.2, -0.15) is 0 Å². The topological polar surface area (TPSA) is 26.3 Å². The van der Waals surface area contributed by atoms with E-state index in [1.54, 1.807) is 0 Å². The summed E-state index contributed by atoms with van der Waals surface area (Å²) in [7, 11) is 0. The van der Waals surface area contributed by atoms with Gasteiger partial charge in [-0.25, -0.2) is 0 Å². The molecule has 2 heteroatoms. The molecule has 2 nitrogen and oxygen atoms in total. The zero-order chi connectivity index (χ0) is 13.1. The van der Waals surface area contributed by atoms with Crippen LogP contribution in [0.25, 0.3) is 0 Å². The third-order valence-corrected chi connectivity index (χ3v) is 3.41. The van der Waals surface area contributed by atoms with Crippen molar-refractivity contribution in [2.45, 2.75) is 59.5 Å². The number of rotatable bonds is 3. The van der Waals surface area contributed by atoms with Crippen LogP contribution in [0.1, 0.15) is 53.4 Å². The predicted octanol–water partition coefficient (Wildman–Crippen LogP) is 4.02. The minimum Gasteiger partial charge on any atom is -0.463 e. The zero-order valence-electron chi connectivity index (χ0n) is 11.5. The molecule has 17 heavy (non-hydrogen) atoms. The lowest BCUT2D eigenvalue weighted by Crippen LogP contribution is -2.21. The fourth-order valence-electron chi connectivity index (χ4n) is 2.53. The molecule has 0 heterocycles. The zero-order valence-corrected chi connectivity index (χ0v) is 11.5. The summed E-state index contributed by atoms with van der Waals surface area (Å²) in [6.07, 6.45) is 6.46. The molecular weight excluding hydrogens is 212 g/mol. The Morgan fingerprint density at radius 2 is 2.24 bits per heavy atom. The van der Waals surface area contributed by atoms with Crippen molar-refractivity contribution in [1.29, 1.82) is 0 Å². The summed E-state index contributed by atoms with van der Waals surface area (Å²) in [4.78, 5) is 10.8. The summed E-state index contributed by atoms with van der Waals surface area (Å²) < 4.78 is 5.13. The van der Waals surface area contributed by atoms with Gasteiger partial charge in [0.1, 0.15) is 6.10 Å². The van der Waals surface area contributed by atoms with Crippen LogP contribution in [-0.2, 0) is 9.53 Å². The molecule has 1 atom stereocenters. The van der Waals surface area contributed by atoms with E-state index in [0.717, 1.165) is 12.8 Å². The molecule has 1 rings (SSSR count). The summed E-state index contributed by atoms with van der Waals surface area (Å²) >= 11 is 0. The standard InChI is InChI=1S/C15H24O2/c1-11-7-6-10-15(4,5)14(11)9-8-12(2)17-13(3)16/h9,12H,1,6-8,10H2,2-5H3/b14-9-. The van der Waals surface area contributed by atoms with Crippen LogP contribution in [0.5, 0.6) is 0 Å². The van der Waals surface area contributed by atoms with Gasteiger partial charge < -0.3 is 4.74 Å². The van der Waals surface area contributed by atoms with Gasteiger partial charge in [-0.1, -0.05) is 32.1 Å². The van der Waals surface area contributed by atoms with E-state index < -0.39 is 0 Å². The van der Waals surface area contributed by atoms with Crippen LogP contribution in [0.4, 0.5) is 0 Å². The monoisotopic (exact) mass is 236 g/mol. The SMILES string of the molecule is C=C1CCCC(C)(C)/C1=C\CC(C)OC(C)=O. The van der Waals surface area contributed by atoms with Crippen LogP contribution < -0.4 is 0 Å². The first-order valence-corrected chi connectivity index (χ1v) is 6.39. The molecule has 1 unspecified atom stereocenters. The van der Waals surface area contributed by atoms with Crippen LogP contribution in [-0.4, -0.2) is 12.1 Å². The molecule has 0 amide bonds. The lowest BCUT2D eigenvalue weighted by Gasteiger charge is -2.34. The molecule has 0 aromatic carbocycles. The summed E-state index contributed by atoms with van der Waals surface area (Å²) in [5, 5.41) is 0. The van der Waals surface area contributed by atoms with E-state index in [1.165, 1.54) is 30.9 Å². The third-order valence-electron chi connectivity index (χ3n) is 3.41. The Balaban J connectivity index is 2.68. The van der Waals surface area contributed by atoms with E-state index in [4.69, 9.17) is 4.74 Å². The van der Waals surface area contributed by atoms with Crippen molar-refractivity contribution in [3.63, 3.8) is 0 Å². The molecule has 1 fully saturated rings. The number of hydrogen-bond donors (Lipinski definition) is 0. The first-order valence-electron chi connectivity index (χ1n) is 6.39. The number of esters is 1. The molecule has 0 aromatic heterocycles. The maximum absolute atomic E-state index is 10.8. The molecule has 1 aliphatic rings. The van der Waals surface area contributed by atoms with Crippen molar-refractivity contribution in [3.8, 4) is 0 Å². The average molecular weight is 236 g/mol. The number of hydrogen-bond acceptors (Lipinski definition) is 2. The Kier molecular flexibility index (Phi) is 4.55. The minimum atomic E-state index is -0.211. The van der Waals surface area contributed by atoms with E-state index in [0.29, 0.717) is 0 Å². The lowest BCUT2D eigenvalue weighted by atomic mass is 9.71. The molecule has 0 spiro atoms. The molecule has 0 N–H and O–H groups in total. The number of carbonyl (C=O) groups excluding carboxylic acids is 1. The molecule has 1 saturated carbocycles. The Labute approximate surface area is 105 Å². The Bertz CT molecular complexity index is 337. The van der Waals surface area contributed by atoms with Gasteiger partial charge >= 0.3 is 5.97 Å². The van der Waals surface area contributed by atoms with Gasteiger partial charge in [-0.05, 0) is 37.2 Å². The maximum Gasteiger partial charge on any atom is 0.302 e. The quantitative estimate of drug-likeness (QED) is 0.692. The van der Waals surface area contributed by atoms with Crippen LogP contribution in [0.3, 0.4) is 0 Å². The first-order chi connectivity index (χ1) is 7.83. The van der Waals surface area contributed by atoms with Gasteiger partial charge in [0.15, 0.2) is 0 Å². The van der Waals surface area contributed by atoms with E-state index in [-0.39, 0.29) is 17.5 Å². The van der Waals surface area contributed by atoms with Crippen LogP contribution in [0.2, 0.25) is 0 Å². The number of carbonyl (C=O) groups is 1. The summed E-state index contributed by atoms with van der Waals surface area (Å²) in [5.41, 5.74) is 2.81. The smallest absolute Gasteiger partial charge is 0.302 e. The summed E-state index contributed by atoms with van der Waals surface area (Å²) in [6, 6.07) is 0. The molecule has 1 aliphatic carbocycles. The Hall–Kier alpha value is -1.05. The molecule has 0 bridgehead atoms. The highest BCUT2D eigenvalue weighted by Crippen LogP contribution is 2.42. The van der Waals surface area contributed by atoms with Crippen LogP contribution in [0, 0.1) is 5.41 Å². The largest absolute Gasteiger partial charge is 0.463 e. The van der Waals surface area contributed by atoms with Gasteiger partial charge in [0.2, 0.25) is 0 Å². The van der Waals surface area contributed by atoms with Crippen molar-refractivity contribution in [2.75, 3.05) is 0 Å². The predicted molar refractivity (Wildman–Crippen MR) is 70.7 cm³/mol. The fraction of sp³-hybridized carbons (Fsp3) is 0.667. The average Bonchev–Trinajstić information content (AvgIpc) is 2.14. The van der Waals surface area contributed by atoms with Crippen LogP contribution in [0.15, 0.2) is 23.8 Å². The lowest BCUT2D eigenvalue weighted by molar-refractivity contribution is -0.145. The number of allylic oxidation sites excluding steroid dienone is 2. The minimum absolute atomic E-state index is 0.0504. The second kappa shape index (κ2) is 5.52. The number of ether oxygens (including phenoxy) is 1. The van der Waals surface area contributed by atoms with Crippen molar-refractivity contribution in [2.24, 2.45) is 5.41 Å². The highest BCUT2D eigenvalue weighted by molar-refractivity contribution is 5.66. The van der Waals surface area contributed by atoms with Gasteiger partial charge in [0.05, 0.1) is 0 Å². The third kappa shape index (κ3) is 4.03. The Morgan fingerprint density at radius 3 is 2.76 bits per heavy atom. The molecule has 0 aromatic rings. The van der Waals surface area contributed by atoms with E-state index >= 15 is 0 Å². The summed E-state index contributed by atoms with van der Waals surface area (Å²) in [5.74, 6) is -0.211. The fourth-order valence-corrected chi connectivity index (χ4v) is 2.53. The van der Waals surface area contributed by atoms with Gasteiger partial charge in [0.25, 0.3) is 0 Å². The van der Waals surface area contributed by atoms with Crippen molar-refractivity contribution in [3.05, 3.63) is 23.8 Å². The molecule has 96 valence electrons. The molecule has 0 aliphatic heterocycles. The van der Waals surface area contributed by atoms with Crippen LogP contribution >= 0.6 is 0 Å². The van der Waals surface area contributed by atoms with Crippen molar-refractivity contribution >= 4 is 5.97 Å². The first kappa shape index (κ1) is 14.0. The summed E-state index contributed by atoms with van der Waals surface area (Å²) in [6.45, 7) is 12.1. The second-order valence-electron chi connectivity index (χ2n) is 5.61. The molecule has 0 radical (unpaired) electrons. The van der Waals surface area contributed by atoms with E-state index in [9.17, 15) is 4.79 Å². The van der Waals surface area contributed by atoms with Gasteiger partial charge in [-0.3, -0.25) is 4.79 Å². The maximum atomic E-state index is 10.8. The highest BCUT2D eigenvalue weighted by Gasteiger charge is 2.28. The highest BCUT2D eigenvalue weighted by atomic mass is 16.5. The van der Waals surface area contributed by atoms with Crippen molar-refractivity contribution in [1.82, 2.24) is 0 Å². The van der Waals surface area contributed by atoms with E-state index in [2.05, 4.69) is 26.5 Å². The van der Waals surface area contributed by atoms with Gasteiger partial charge in [-0.15, -0.1) is 0 Å². The molecular formula is C15H24O2. The van der Waals surface area contributed by atoms with E-state index in [1.807, 2.05) is 6.92 Å². The van der Waals surface area contributed by atoms with Gasteiger partial charge in [0, 0.05) is 13.3 Å². The normalized spacial score (nSPS) is 23.5. The molecule has 0 saturated heterocycles.